The molecule has 0 unspecified atom stereocenters. The lowest BCUT2D eigenvalue weighted by Gasteiger charge is -2.21. The molecular formula is C35H37N3O9. The Hall–Kier alpha value is -5.36. The Bertz CT molecular complexity index is 1770. The number of carbonyl (C=O) groups is 4. The zero-order chi connectivity index (χ0) is 34.4. The van der Waals surface area contributed by atoms with Crippen LogP contribution in [0, 0.1) is 5.41 Å². The molecule has 4 aromatic rings. The molecule has 0 spiro atoms. The minimum Gasteiger partial charge on any atom is -0.490 e. The van der Waals surface area contributed by atoms with Gasteiger partial charge in [-0.1, -0.05) is 24.8 Å². The third-order valence-electron chi connectivity index (χ3n) is 6.98. The number of fused-ring (bicyclic) bond motifs is 1. The lowest BCUT2D eigenvalue weighted by molar-refractivity contribution is -0.165. The molecule has 0 fully saturated rings. The van der Waals surface area contributed by atoms with Crippen LogP contribution in [-0.2, 0) is 30.3 Å². The number of hydrogen-bond acceptors (Lipinski definition) is 11. The maximum Gasteiger partial charge on any atom is 0.333 e. The SMILES string of the molecule is C=C(C)C(=O)OCCc1ccc(OC(=O)C(C)(C)C(=O)OCCOc2ccc(C(=O)C(C)(C)O)cc2)c(-n2nc3ccccc3n2)c1. The Morgan fingerprint density at radius 1 is 0.830 bits per heavy atom. The largest absolute Gasteiger partial charge is 0.490 e. The quantitative estimate of drug-likeness (QED) is 0.0512. The molecule has 1 N–H and O–H groups in total. The van der Waals surface area contributed by atoms with Crippen molar-refractivity contribution in [2.24, 2.45) is 5.41 Å². The molecular weight excluding hydrogens is 606 g/mol. The summed E-state index contributed by atoms with van der Waals surface area (Å²) in [4.78, 5) is 51.6. The summed E-state index contributed by atoms with van der Waals surface area (Å²) in [6, 6.07) is 18.4. The van der Waals surface area contributed by atoms with E-state index in [-0.39, 0.29) is 25.6 Å². The number of ether oxygens (including phenoxy) is 4. The Morgan fingerprint density at radius 2 is 1.47 bits per heavy atom. The zero-order valence-electron chi connectivity index (χ0n) is 26.9. The van der Waals surface area contributed by atoms with E-state index in [9.17, 15) is 24.3 Å². The van der Waals surface area contributed by atoms with E-state index in [2.05, 4.69) is 16.8 Å². The molecule has 246 valence electrons. The van der Waals surface area contributed by atoms with Crippen LogP contribution in [0.25, 0.3) is 16.7 Å². The van der Waals surface area contributed by atoms with Gasteiger partial charge in [0.2, 0.25) is 0 Å². The van der Waals surface area contributed by atoms with Crippen LogP contribution in [0.5, 0.6) is 11.5 Å². The Balaban J connectivity index is 1.41. The van der Waals surface area contributed by atoms with Crippen LogP contribution in [0.15, 0.2) is 78.9 Å². The highest BCUT2D eigenvalue weighted by Gasteiger charge is 2.40. The fourth-order valence-electron chi connectivity index (χ4n) is 4.15. The summed E-state index contributed by atoms with van der Waals surface area (Å²) >= 11 is 0. The van der Waals surface area contributed by atoms with Crippen molar-refractivity contribution in [3.63, 3.8) is 0 Å². The van der Waals surface area contributed by atoms with E-state index >= 15 is 0 Å². The average Bonchev–Trinajstić information content (AvgIpc) is 3.47. The van der Waals surface area contributed by atoms with Gasteiger partial charge < -0.3 is 24.1 Å². The van der Waals surface area contributed by atoms with Crippen molar-refractivity contribution in [3.05, 3.63) is 90.0 Å². The topological polar surface area (TPSA) is 156 Å². The summed E-state index contributed by atoms with van der Waals surface area (Å²) in [5.41, 5.74) is -0.224. The number of rotatable bonds is 14. The zero-order valence-corrected chi connectivity index (χ0v) is 26.9. The van der Waals surface area contributed by atoms with Crippen LogP contribution in [0.3, 0.4) is 0 Å². The lowest BCUT2D eigenvalue weighted by Crippen LogP contribution is -2.39. The minimum atomic E-state index is -1.69. The Kier molecular flexibility index (Phi) is 10.6. The van der Waals surface area contributed by atoms with Crippen LogP contribution in [0.4, 0.5) is 0 Å². The van der Waals surface area contributed by atoms with E-state index < -0.39 is 34.7 Å². The molecule has 0 radical (unpaired) electrons. The van der Waals surface area contributed by atoms with E-state index in [1.54, 1.807) is 49.4 Å². The molecule has 0 saturated heterocycles. The van der Waals surface area contributed by atoms with Crippen molar-refractivity contribution in [1.29, 1.82) is 0 Å². The first-order valence-electron chi connectivity index (χ1n) is 14.8. The standard InChI is InChI=1S/C35H37N3O9/c1-22(2)31(40)45-18-17-23-11-16-29(28(21-23)38-36-26-9-7-8-10-27(26)37-38)47-33(42)34(3,4)32(41)46-20-19-44-25-14-12-24(13-15-25)30(39)35(5,6)43/h7-16,21,43H,1,17-20H2,2-6H3. The molecule has 0 bridgehead atoms. The number of nitrogens with zero attached hydrogens (tertiary/aromatic N) is 3. The van der Waals surface area contributed by atoms with Gasteiger partial charge in [-0.3, -0.25) is 14.4 Å². The first-order valence-corrected chi connectivity index (χ1v) is 14.8. The number of benzene rings is 3. The lowest BCUT2D eigenvalue weighted by atomic mass is 9.94. The van der Waals surface area contributed by atoms with Crippen molar-refractivity contribution >= 4 is 34.7 Å². The molecule has 0 amide bonds. The summed E-state index contributed by atoms with van der Waals surface area (Å²) in [6.45, 7) is 10.7. The number of aliphatic hydroxyl groups is 1. The second-order valence-electron chi connectivity index (χ2n) is 11.9. The van der Waals surface area contributed by atoms with Crippen molar-refractivity contribution < 1.29 is 43.2 Å². The molecule has 0 aliphatic heterocycles. The summed E-state index contributed by atoms with van der Waals surface area (Å²) in [5, 5.41) is 18.9. The smallest absolute Gasteiger partial charge is 0.333 e. The van der Waals surface area contributed by atoms with Gasteiger partial charge in [-0.25, -0.2) is 4.79 Å². The van der Waals surface area contributed by atoms with Crippen molar-refractivity contribution in [3.8, 4) is 17.2 Å². The van der Waals surface area contributed by atoms with Gasteiger partial charge in [0, 0.05) is 17.6 Å². The van der Waals surface area contributed by atoms with E-state index in [0.717, 1.165) is 5.56 Å². The molecule has 1 aromatic heterocycles. The van der Waals surface area contributed by atoms with Crippen molar-refractivity contribution in [2.45, 2.75) is 46.6 Å². The molecule has 1 heterocycles. The molecule has 0 atom stereocenters. The molecule has 12 heteroatoms. The van der Waals surface area contributed by atoms with Gasteiger partial charge >= 0.3 is 17.9 Å². The molecule has 3 aromatic carbocycles. The van der Waals surface area contributed by atoms with Gasteiger partial charge in [0.15, 0.2) is 16.9 Å². The van der Waals surface area contributed by atoms with Crippen molar-refractivity contribution in [1.82, 2.24) is 15.0 Å². The summed E-state index contributed by atoms with van der Waals surface area (Å²) in [7, 11) is 0. The minimum absolute atomic E-state index is 0.0124. The summed E-state index contributed by atoms with van der Waals surface area (Å²) < 4.78 is 21.8. The van der Waals surface area contributed by atoms with Crippen LogP contribution < -0.4 is 9.47 Å². The maximum absolute atomic E-state index is 13.3. The van der Waals surface area contributed by atoms with E-state index in [1.807, 2.05) is 12.1 Å². The highest BCUT2D eigenvalue weighted by molar-refractivity contribution is 6.02. The molecule has 12 nitrogen and oxygen atoms in total. The fourth-order valence-corrected chi connectivity index (χ4v) is 4.15. The second-order valence-corrected chi connectivity index (χ2v) is 11.9. The van der Waals surface area contributed by atoms with Crippen LogP contribution in [-0.4, -0.2) is 69.2 Å². The number of Topliss-reactive ketones (excluding diaryl/α,β-unsaturated/α-hetero) is 1. The number of hydrogen-bond donors (Lipinski definition) is 1. The van der Waals surface area contributed by atoms with Crippen molar-refractivity contribution in [2.75, 3.05) is 19.8 Å². The predicted molar refractivity (Wildman–Crippen MR) is 171 cm³/mol. The monoisotopic (exact) mass is 643 g/mol. The van der Waals surface area contributed by atoms with E-state index in [4.69, 9.17) is 18.9 Å². The first kappa shape index (κ1) is 34.5. The Morgan fingerprint density at radius 3 is 2.06 bits per heavy atom. The highest BCUT2D eigenvalue weighted by atomic mass is 16.6. The normalized spacial score (nSPS) is 11.5. The Labute approximate surface area is 271 Å². The molecule has 0 aliphatic carbocycles. The van der Waals surface area contributed by atoms with E-state index in [1.165, 1.54) is 44.6 Å². The number of esters is 3. The molecule has 47 heavy (non-hydrogen) atoms. The number of carbonyl (C=O) groups excluding carboxylic acids is 4. The van der Waals surface area contributed by atoms with Crippen LogP contribution >= 0.6 is 0 Å². The molecule has 0 aliphatic rings. The second kappa shape index (κ2) is 14.4. The van der Waals surface area contributed by atoms with Gasteiger partial charge in [0.1, 0.15) is 41.3 Å². The van der Waals surface area contributed by atoms with Crippen LogP contribution in [0.2, 0.25) is 0 Å². The van der Waals surface area contributed by atoms with Gasteiger partial charge in [0.25, 0.3) is 0 Å². The van der Waals surface area contributed by atoms with Crippen LogP contribution in [0.1, 0.15) is 50.5 Å². The first-order chi connectivity index (χ1) is 22.2. The maximum atomic E-state index is 13.3. The van der Waals surface area contributed by atoms with Gasteiger partial charge in [0.05, 0.1) is 6.61 Å². The number of aromatic nitrogens is 3. The van der Waals surface area contributed by atoms with Gasteiger partial charge in [-0.2, -0.15) is 0 Å². The summed E-state index contributed by atoms with van der Waals surface area (Å²) in [5.74, 6) is -2.07. The molecule has 0 saturated carbocycles. The predicted octanol–water partition coefficient (Wildman–Crippen LogP) is 4.59. The molecule has 4 rings (SSSR count). The third kappa shape index (κ3) is 8.67. The summed E-state index contributed by atoms with van der Waals surface area (Å²) in [6.07, 6.45) is 0.365. The van der Waals surface area contributed by atoms with Gasteiger partial charge in [-0.05, 0) is 88.7 Å². The average molecular weight is 644 g/mol. The van der Waals surface area contributed by atoms with E-state index in [0.29, 0.717) is 40.0 Å². The highest BCUT2D eigenvalue weighted by Crippen LogP contribution is 2.29. The third-order valence-corrected chi connectivity index (χ3v) is 6.98. The number of ketones is 1. The fraction of sp³-hybridized carbons (Fsp3) is 0.314. The van der Waals surface area contributed by atoms with Gasteiger partial charge in [-0.15, -0.1) is 15.0 Å².